The Bertz CT molecular complexity index is 2740. The number of hydrogen-bond acceptors (Lipinski definition) is 1. The maximum atomic E-state index is 2.48. The highest BCUT2D eigenvalue weighted by Gasteiger charge is 2.35. The summed E-state index contributed by atoms with van der Waals surface area (Å²) in [6, 6.07) is 58.8. The summed E-state index contributed by atoms with van der Waals surface area (Å²) in [5, 5.41) is 7.82. The van der Waals surface area contributed by atoms with Gasteiger partial charge in [0.05, 0.1) is 0 Å². The first kappa shape index (κ1) is 27.6. The minimum Gasteiger partial charge on any atom is -0.135 e. The van der Waals surface area contributed by atoms with Crippen molar-refractivity contribution in [2.24, 2.45) is 0 Å². The molecule has 0 atom stereocenters. The summed E-state index contributed by atoms with van der Waals surface area (Å²) in [5.74, 6) is 0. The quantitative estimate of drug-likeness (QED) is 0.171. The SMILES string of the molecule is CC1(C)c2ccccc2-c2ccc(-c3c4ccccc4c(-c4cccc5c4sc4ccccc45)c4ccc(-c5ccccc5)cc34)cc21. The molecule has 1 aromatic heterocycles. The van der Waals surface area contributed by atoms with Gasteiger partial charge in [-0.25, -0.2) is 0 Å². The lowest BCUT2D eigenvalue weighted by atomic mass is 9.80. The fourth-order valence-electron chi connectivity index (χ4n) is 8.39. The molecule has 9 aromatic rings. The highest BCUT2D eigenvalue weighted by atomic mass is 32.1. The van der Waals surface area contributed by atoms with Crippen molar-refractivity contribution < 1.29 is 0 Å². The van der Waals surface area contributed by atoms with Gasteiger partial charge in [0.2, 0.25) is 0 Å². The Morgan fingerprint density at radius 2 is 1.00 bits per heavy atom. The fraction of sp³-hybridized carbons (Fsp3) is 0.0638. The highest BCUT2D eigenvalue weighted by Crippen LogP contribution is 2.52. The summed E-state index contributed by atoms with van der Waals surface area (Å²) in [7, 11) is 0. The van der Waals surface area contributed by atoms with Crippen molar-refractivity contribution in [3.63, 3.8) is 0 Å². The summed E-state index contributed by atoms with van der Waals surface area (Å²) in [4.78, 5) is 0. The van der Waals surface area contributed by atoms with Crippen LogP contribution < -0.4 is 0 Å². The molecule has 1 heterocycles. The number of thiophene rings is 1. The third-order valence-corrected chi connectivity index (χ3v) is 11.9. The molecule has 226 valence electrons. The third-order valence-electron chi connectivity index (χ3n) is 10.7. The predicted octanol–water partition coefficient (Wildman–Crippen LogP) is 13.7. The average Bonchev–Trinajstić information content (AvgIpc) is 3.63. The molecule has 0 spiro atoms. The van der Waals surface area contributed by atoms with Crippen molar-refractivity contribution in [2.75, 3.05) is 0 Å². The zero-order chi connectivity index (χ0) is 32.0. The van der Waals surface area contributed by atoms with Crippen LogP contribution in [0.2, 0.25) is 0 Å². The molecule has 1 aliphatic rings. The molecule has 1 heteroatoms. The standard InChI is InChI=1S/C47H32S/c1-47(2)41-21-10-8-15-32(41)33-25-24-31(28-42(33)47)44-35-17-6-7-18-36(35)45(37-26-23-30(27-40(37)44)29-13-4-3-5-14-29)39-20-12-19-38-34-16-9-11-22-43(34)48-46(38)39/h3-28H,1-2H3. The van der Waals surface area contributed by atoms with E-state index in [0.29, 0.717) is 0 Å². The van der Waals surface area contributed by atoms with E-state index >= 15 is 0 Å². The van der Waals surface area contributed by atoms with Crippen molar-refractivity contribution >= 4 is 53.1 Å². The zero-order valence-electron chi connectivity index (χ0n) is 26.9. The van der Waals surface area contributed by atoms with Gasteiger partial charge in [0, 0.05) is 31.2 Å². The lowest BCUT2D eigenvalue weighted by molar-refractivity contribution is 0.660. The van der Waals surface area contributed by atoms with Gasteiger partial charge in [0.1, 0.15) is 0 Å². The summed E-state index contributed by atoms with van der Waals surface area (Å²) in [5.41, 5.74) is 13.1. The Labute approximate surface area is 284 Å². The molecule has 10 rings (SSSR count). The van der Waals surface area contributed by atoms with Crippen molar-refractivity contribution in [1.29, 1.82) is 0 Å². The smallest absolute Gasteiger partial charge is 0.0434 e. The van der Waals surface area contributed by atoms with Crippen molar-refractivity contribution in [2.45, 2.75) is 19.3 Å². The highest BCUT2D eigenvalue weighted by molar-refractivity contribution is 7.26. The van der Waals surface area contributed by atoms with Gasteiger partial charge in [0.25, 0.3) is 0 Å². The molecule has 0 amide bonds. The van der Waals surface area contributed by atoms with Gasteiger partial charge in [-0.15, -0.1) is 11.3 Å². The number of hydrogen-bond donors (Lipinski definition) is 0. The second kappa shape index (κ2) is 10.2. The Balaban J connectivity index is 1.33. The Kier molecular flexibility index (Phi) is 5.89. The molecule has 8 aromatic carbocycles. The second-order valence-electron chi connectivity index (χ2n) is 13.6. The van der Waals surface area contributed by atoms with Crippen LogP contribution in [0, 0.1) is 0 Å². The van der Waals surface area contributed by atoms with E-state index in [2.05, 4.69) is 172 Å². The van der Waals surface area contributed by atoms with E-state index in [9.17, 15) is 0 Å². The van der Waals surface area contributed by atoms with Crippen LogP contribution in [0.5, 0.6) is 0 Å². The van der Waals surface area contributed by atoms with E-state index in [-0.39, 0.29) is 5.41 Å². The van der Waals surface area contributed by atoms with Crippen LogP contribution in [-0.4, -0.2) is 0 Å². The van der Waals surface area contributed by atoms with E-state index in [4.69, 9.17) is 0 Å². The van der Waals surface area contributed by atoms with Crippen LogP contribution in [0.15, 0.2) is 158 Å². The monoisotopic (exact) mass is 628 g/mol. The molecule has 0 nitrogen and oxygen atoms in total. The minimum atomic E-state index is -0.0699. The molecule has 0 saturated heterocycles. The molecule has 48 heavy (non-hydrogen) atoms. The van der Waals surface area contributed by atoms with Crippen LogP contribution in [0.4, 0.5) is 0 Å². The first-order valence-electron chi connectivity index (χ1n) is 16.8. The van der Waals surface area contributed by atoms with Crippen molar-refractivity contribution in [3.8, 4) is 44.5 Å². The van der Waals surface area contributed by atoms with Crippen molar-refractivity contribution in [3.05, 3.63) is 169 Å². The van der Waals surface area contributed by atoms with Crippen LogP contribution in [-0.2, 0) is 5.41 Å². The van der Waals surface area contributed by atoms with E-state index in [1.807, 2.05) is 11.3 Å². The molecular weight excluding hydrogens is 597 g/mol. The van der Waals surface area contributed by atoms with Crippen LogP contribution >= 0.6 is 11.3 Å². The Morgan fingerprint density at radius 3 is 1.85 bits per heavy atom. The van der Waals surface area contributed by atoms with E-state index in [1.54, 1.807) is 0 Å². The molecule has 0 unspecified atom stereocenters. The van der Waals surface area contributed by atoms with Gasteiger partial charge in [-0.2, -0.15) is 0 Å². The molecule has 0 aliphatic heterocycles. The zero-order valence-corrected chi connectivity index (χ0v) is 27.7. The largest absolute Gasteiger partial charge is 0.135 e. The molecule has 1 aliphatic carbocycles. The van der Waals surface area contributed by atoms with Crippen LogP contribution in [0.25, 0.3) is 86.2 Å². The fourth-order valence-corrected chi connectivity index (χ4v) is 9.62. The first-order valence-corrected chi connectivity index (χ1v) is 17.6. The van der Waals surface area contributed by atoms with E-state index in [0.717, 1.165) is 0 Å². The Morgan fingerprint density at radius 1 is 0.375 bits per heavy atom. The topological polar surface area (TPSA) is 0 Å². The average molecular weight is 629 g/mol. The van der Waals surface area contributed by atoms with Crippen LogP contribution in [0.3, 0.4) is 0 Å². The maximum absolute atomic E-state index is 2.48. The van der Waals surface area contributed by atoms with Gasteiger partial charge in [-0.1, -0.05) is 153 Å². The number of fused-ring (bicyclic) bond motifs is 8. The molecule has 0 fully saturated rings. The van der Waals surface area contributed by atoms with Gasteiger partial charge >= 0.3 is 0 Å². The summed E-state index contributed by atoms with van der Waals surface area (Å²) >= 11 is 1.91. The van der Waals surface area contributed by atoms with Gasteiger partial charge in [0.15, 0.2) is 0 Å². The third kappa shape index (κ3) is 3.89. The normalized spacial score (nSPS) is 13.4. The number of benzene rings is 8. The predicted molar refractivity (Wildman–Crippen MR) is 208 cm³/mol. The molecule has 0 radical (unpaired) electrons. The Hall–Kier alpha value is -5.50. The summed E-state index contributed by atoms with van der Waals surface area (Å²) < 4.78 is 2.68. The van der Waals surface area contributed by atoms with E-state index < -0.39 is 0 Å². The summed E-state index contributed by atoms with van der Waals surface area (Å²) in [6.45, 7) is 4.75. The summed E-state index contributed by atoms with van der Waals surface area (Å²) in [6.07, 6.45) is 0. The molecule has 0 saturated carbocycles. The van der Waals surface area contributed by atoms with Crippen LogP contribution in [0.1, 0.15) is 25.0 Å². The molecule has 0 bridgehead atoms. The van der Waals surface area contributed by atoms with Crippen molar-refractivity contribution in [1.82, 2.24) is 0 Å². The lowest BCUT2D eigenvalue weighted by Gasteiger charge is -2.23. The maximum Gasteiger partial charge on any atom is 0.0434 e. The van der Waals surface area contributed by atoms with E-state index in [1.165, 1.54) is 97.4 Å². The minimum absolute atomic E-state index is 0.0699. The second-order valence-corrected chi connectivity index (χ2v) is 14.7. The van der Waals surface area contributed by atoms with Gasteiger partial charge in [-0.3, -0.25) is 0 Å². The number of rotatable bonds is 3. The van der Waals surface area contributed by atoms with Gasteiger partial charge < -0.3 is 0 Å². The first-order chi connectivity index (χ1) is 23.6. The molecule has 0 N–H and O–H groups in total. The van der Waals surface area contributed by atoms with Gasteiger partial charge in [-0.05, 0) is 89.8 Å². The molecular formula is C47H32S. The lowest BCUT2D eigenvalue weighted by Crippen LogP contribution is -2.14.